The third-order valence-corrected chi connectivity index (χ3v) is 2.83. The topological polar surface area (TPSA) is 0 Å². The molecule has 0 amide bonds. The number of hydrogen-bond donors (Lipinski definition) is 0. The molecule has 0 aliphatic rings. The maximum atomic E-state index is 13.4. The Bertz CT molecular complexity index is 480. The maximum Gasteiger partial charge on any atom is 0.128 e. The number of alkyl halides is 1. The summed E-state index contributed by atoms with van der Waals surface area (Å²) in [6.07, 6.45) is 0. The van der Waals surface area contributed by atoms with Crippen LogP contribution in [0.3, 0.4) is 0 Å². The van der Waals surface area contributed by atoms with E-state index >= 15 is 0 Å². The quantitative estimate of drug-likeness (QED) is 0.685. The first-order valence-corrected chi connectivity index (χ1v) is 5.26. The highest BCUT2D eigenvalue weighted by Crippen LogP contribution is 2.30. The van der Waals surface area contributed by atoms with Gasteiger partial charge in [0.15, 0.2) is 0 Å². The molecular formula is C13H9ClF2. The summed E-state index contributed by atoms with van der Waals surface area (Å²) in [5.41, 5.74) is 1.07. The van der Waals surface area contributed by atoms with Gasteiger partial charge in [0.1, 0.15) is 11.6 Å². The third-order valence-electron chi connectivity index (χ3n) is 2.34. The lowest BCUT2D eigenvalue weighted by Gasteiger charge is -2.10. The molecule has 0 aliphatic carbocycles. The van der Waals surface area contributed by atoms with E-state index in [2.05, 4.69) is 0 Å². The normalized spacial score (nSPS) is 12.4. The summed E-state index contributed by atoms with van der Waals surface area (Å²) in [5.74, 6) is -0.687. The first-order chi connectivity index (χ1) is 7.68. The second-order valence-electron chi connectivity index (χ2n) is 3.44. The predicted octanol–water partition coefficient (Wildman–Crippen LogP) is 4.29. The van der Waals surface area contributed by atoms with E-state index in [1.54, 1.807) is 30.3 Å². The zero-order valence-corrected chi connectivity index (χ0v) is 9.09. The number of hydrogen-bond acceptors (Lipinski definition) is 0. The van der Waals surface area contributed by atoms with Gasteiger partial charge >= 0.3 is 0 Å². The fourth-order valence-electron chi connectivity index (χ4n) is 1.49. The molecule has 0 aliphatic heterocycles. The summed E-state index contributed by atoms with van der Waals surface area (Å²) < 4.78 is 26.2. The molecule has 0 saturated carbocycles. The van der Waals surface area contributed by atoms with Crippen LogP contribution in [-0.2, 0) is 0 Å². The Labute approximate surface area is 97.5 Å². The molecule has 0 nitrogen and oxygen atoms in total. The molecule has 1 unspecified atom stereocenters. The summed E-state index contributed by atoms with van der Waals surface area (Å²) in [5, 5.41) is -0.596. The highest BCUT2D eigenvalue weighted by Gasteiger charge is 2.14. The van der Waals surface area contributed by atoms with Gasteiger partial charge in [0, 0.05) is 5.56 Å². The lowest BCUT2D eigenvalue weighted by molar-refractivity contribution is 0.611. The predicted molar refractivity (Wildman–Crippen MR) is 60.5 cm³/mol. The van der Waals surface area contributed by atoms with Gasteiger partial charge in [-0.15, -0.1) is 11.6 Å². The minimum Gasteiger partial charge on any atom is -0.207 e. The Morgan fingerprint density at radius 2 is 1.50 bits per heavy atom. The van der Waals surface area contributed by atoms with Crippen molar-refractivity contribution in [1.82, 2.24) is 0 Å². The molecule has 0 spiro atoms. The van der Waals surface area contributed by atoms with E-state index in [-0.39, 0.29) is 11.6 Å². The third kappa shape index (κ3) is 2.22. The number of halogens is 3. The smallest absolute Gasteiger partial charge is 0.128 e. The van der Waals surface area contributed by atoms with Crippen LogP contribution in [0, 0.1) is 11.6 Å². The molecule has 0 fully saturated rings. The SMILES string of the molecule is Fc1ccc(C(Cl)c2ccccc2F)cc1. The molecule has 2 aromatic carbocycles. The molecule has 0 saturated heterocycles. The lowest BCUT2D eigenvalue weighted by Crippen LogP contribution is -1.96. The second-order valence-corrected chi connectivity index (χ2v) is 3.87. The minimum absolute atomic E-state index is 0.332. The van der Waals surface area contributed by atoms with Gasteiger partial charge in [-0.1, -0.05) is 30.3 Å². The van der Waals surface area contributed by atoms with Gasteiger partial charge in [-0.05, 0) is 23.8 Å². The molecule has 0 N–H and O–H groups in total. The average Bonchev–Trinajstić information content (AvgIpc) is 2.30. The number of benzene rings is 2. The Hall–Kier alpha value is -1.41. The van der Waals surface area contributed by atoms with Crippen molar-refractivity contribution in [3.8, 4) is 0 Å². The summed E-state index contributed by atoms with van der Waals surface area (Å²) >= 11 is 6.13. The van der Waals surface area contributed by atoms with Crippen molar-refractivity contribution in [2.75, 3.05) is 0 Å². The largest absolute Gasteiger partial charge is 0.207 e. The van der Waals surface area contributed by atoms with Crippen LogP contribution in [-0.4, -0.2) is 0 Å². The van der Waals surface area contributed by atoms with Crippen LogP contribution in [0.15, 0.2) is 48.5 Å². The monoisotopic (exact) mass is 238 g/mol. The Morgan fingerprint density at radius 1 is 0.875 bits per heavy atom. The molecule has 0 aromatic heterocycles. The average molecular weight is 239 g/mol. The van der Waals surface area contributed by atoms with Gasteiger partial charge in [0.2, 0.25) is 0 Å². The minimum atomic E-state index is -0.596. The zero-order valence-electron chi connectivity index (χ0n) is 8.33. The number of rotatable bonds is 2. The molecule has 2 rings (SSSR count). The second kappa shape index (κ2) is 4.62. The van der Waals surface area contributed by atoms with Crippen molar-refractivity contribution >= 4 is 11.6 Å². The molecular weight excluding hydrogens is 230 g/mol. The molecule has 0 bridgehead atoms. The molecule has 0 heterocycles. The summed E-state index contributed by atoms with van der Waals surface area (Å²) in [4.78, 5) is 0. The van der Waals surface area contributed by atoms with Gasteiger partial charge in [-0.3, -0.25) is 0 Å². The van der Waals surface area contributed by atoms with Crippen LogP contribution < -0.4 is 0 Å². The van der Waals surface area contributed by atoms with Crippen LogP contribution in [0.4, 0.5) is 8.78 Å². The summed E-state index contributed by atoms with van der Waals surface area (Å²) in [6, 6.07) is 12.0. The van der Waals surface area contributed by atoms with Gasteiger partial charge < -0.3 is 0 Å². The summed E-state index contributed by atoms with van der Waals surface area (Å²) in [7, 11) is 0. The van der Waals surface area contributed by atoms with E-state index in [4.69, 9.17) is 11.6 Å². The maximum absolute atomic E-state index is 13.4. The Balaban J connectivity index is 2.35. The Morgan fingerprint density at radius 3 is 2.12 bits per heavy atom. The van der Waals surface area contributed by atoms with Crippen LogP contribution in [0.1, 0.15) is 16.5 Å². The van der Waals surface area contributed by atoms with Gasteiger partial charge in [0.25, 0.3) is 0 Å². The molecule has 16 heavy (non-hydrogen) atoms. The van der Waals surface area contributed by atoms with Crippen molar-refractivity contribution in [3.63, 3.8) is 0 Å². The van der Waals surface area contributed by atoms with Crippen LogP contribution in [0.5, 0.6) is 0 Å². The highest BCUT2D eigenvalue weighted by atomic mass is 35.5. The van der Waals surface area contributed by atoms with E-state index < -0.39 is 5.38 Å². The Kier molecular flexibility index (Phi) is 3.20. The van der Waals surface area contributed by atoms with Crippen molar-refractivity contribution in [1.29, 1.82) is 0 Å². The molecule has 82 valence electrons. The molecule has 1 atom stereocenters. The molecule has 3 heteroatoms. The summed E-state index contributed by atoms with van der Waals surface area (Å²) in [6.45, 7) is 0. The van der Waals surface area contributed by atoms with Crippen molar-refractivity contribution < 1.29 is 8.78 Å². The fraction of sp³-hybridized carbons (Fsp3) is 0.0769. The standard InChI is InChI=1S/C13H9ClF2/c14-13(9-5-7-10(15)8-6-9)11-3-1-2-4-12(11)16/h1-8,13H. The van der Waals surface area contributed by atoms with E-state index in [1.807, 2.05) is 0 Å². The fourth-order valence-corrected chi connectivity index (χ4v) is 1.81. The first-order valence-electron chi connectivity index (χ1n) is 4.82. The van der Waals surface area contributed by atoms with Crippen LogP contribution in [0.2, 0.25) is 0 Å². The van der Waals surface area contributed by atoms with Crippen molar-refractivity contribution in [2.45, 2.75) is 5.38 Å². The van der Waals surface area contributed by atoms with Crippen LogP contribution >= 0.6 is 11.6 Å². The first kappa shape index (κ1) is 11.1. The highest BCUT2D eigenvalue weighted by molar-refractivity contribution is 6.22. The van der Waals surface area contributed by atoms with E-state index in [9.17, 15) is 8.78 Å². The van der Waals surface area contributed by atoms with Crippen molar-refractivity contribution in [3.05, 3.63) is 71.3 Å². The lowest BCUT2D eigenvalue weighted by atomic mass is 10.0. The van der Waals surface area contributed by atoms with E-state index in [0.717, 1.165) is 0 Å². The van der Waals surface area contributed by atoms with Gasteiger partial charge in [-0.2, -0.15) is 0 Å². The van der Waals surface area contributed by atoms with Gasteiger partial charge in [-0.25, -0.2) is 8.78 Å². The van der Waals surface area contributed by atoms with E-state index in [0.29, 0.717) is 11.1 Å². The zero-order chi connectivity index (χ0) is 11.5. The van der Waals surface area contributed by atoms with Gasteiger partial charge in [0.05, 0.1) is 5.38 Å². The van der Waals surface area contributed by atoms with Crippen molar-refractivity contribution in [2.24, 2.45) is 0 Å². The molecule has 0 radical (unpaired) electrons. The molecule has 2 aromatic rings. The van der Waals surface area contributed by atoms with Crippen LogP contribution in [0.25, 0.3) is 0 Å². The van der Waals surface area contributed by atoms with E-state index in [1.165, 1.54) is 18.2 Å².